The monoisotopic (exact) mass is 445 g/mol. The van der Waals surface area contributed by atoms with Crippen LogP contribution in [0.4, 0.5) is 0 Å². The number of imidazole rings is 1. The Balaban J connectivity index is 1.50. The van der Waals surface area contributed by atoms with Gasteiger partial charge in [-0.05, 0) is 77.3 Å². The molecule has 0 amide bonds. The molecule has 0 atom stereocenters. The summed E-state index contributed by atoms with van der Waals surface area (Å²) < 4.78 is 2.75. The van der Waals surface area contributed by atoms with Crippen LogP contribution in [0.5, 0.6) is 5.88 Å². The summed E-state index contributed by atoms with van der Waals surface area (Å²) in [5.41, 5.74) is 7.96. The molecule has 0 bridgehead atoms. The maximum Gasteiger partial charge on any atom is 0.331 e. The Labute approximate surface area is 196 Å². The molecule has 0 unspecified atom stereocenters. The van der Waals surface area contributed by atoms with Crippen molar-refractivity contribution >= 4 is 0 Å². The Morgan fingerprint density at radius 3 is 2.12 bits per heavy atom. The summed E-state index contributed by atoms with van der Waals surface area (Å²) in [6.45, 7) is 12.1. The minimum Gasteiger partial charge on any atom is -0.493 e. The number of aromatic nitrogens is 3. The van der Waals surface area contributed by atoms with E-state index in [9.17, 15) is 9.90 Å². The van der Waals surface area contributed by atoms with Crippen LogP contribution >= 0.6 is 0 Å². The van der Waals surface area contributed by atoms with Gasteiger partial charge in [-0.2, -0.15) is 0 Å². The topological polar surface area (TPSA) is 60.0 Å². The molecule has 1 fully saturated rings. The maximum absolute atomic E-state index is 12.2. The minimum atomic E-state index is -0.231. The van der Waals surface area contributed by atoms with Gasteiger partial charge in [0.25, 0.3) is 0 Å². The zero-order chi connectivity index (χ0) is 23.8. The molecule has 2 aromatic heterocycles. The van der Waals surface area contributed by atoms with Gasteiger partial charge in [-0.25, -0.2) is 4.79 Å². The molecule has 2 aliphatic rings. The molecule has 1 saturated carbocycles. The zero-order valence-electron chi connectivity index (χ0n) is 20.7. The summed E-state index contributed by atoms with van der Waals surface area (Å²) in [5.74, 6) is -0.0273. The Morgan fingerprint density at radius 2 is 1.61 bits per heavy atom. The Kier molecular flexibility index (Phi) is 4.72. The first kappa shape index (κ1) is 22.0. The Bertz CT molecular complexity index is 1290. The van der Waals surface area contributed by atoms with Crippen molar-refractivity contribution in [3.8, 4) is 5.88 Å². The summed E-state index contributed by atoms with van der Waals surface area (Å²) in [6, 6.07) is 9.10. The van der Waals surface area contributed by atoms with Crippen molar-refractivity contribution in [2.45, 2.75) is 83.1 Å². The average Bonchev–Trinajstić information content (AvgIpc) is 3.52. The zero-order valence-corrected chi connectivity index (χ0v) is 20.7. The predicted molar refractivity (Wildman–Crippen MR) is 131 cm³/mol. The van der Waals surface area contributed by atoms with E-state index in [0.29, 0.717) is 6.54 Å². The number of benzene rings is 1. The largest absolute Gasteiger partial charge is 0.493 e. The SMILES string of the molecule is Cc1cc2c(cc1C1(c3ccc(Cn4c(O)cn(C)c4=O)cn3)CC1)C(C)(C)CCC2(C)C. The highest BCUT2D eigenvalue weighted by molar-refractivity contribution is 5.53. The molecule has 33 heavy (non-hydrogen) atoms. The van der Waals surface area contributed by atoms with E-state index in [-0.39, 0.29) is 27.8 Å². The first-order valence-electron chi connectivity index (χ1n) is 12.0. The van der Waals surface area contributed by atoms with Crippen LogP contribution in [0.15, 0.2) is 41.5 Å². The van der Waals surface area contributed by atoms with Gasteiger partial charge < -0.3 is 5.11 Å². The lowest BCUT2D eigenvalue weighted by Crippen LogP contribution is -2.34. The fourth-order valence-electron chi connectivity index (χ4n) is 5.74. The van der Waals surface area contributed by atoms with Gasteiger partial charge in [-0.3, -0.25) is 14.1 Å². The van der Waals surface area contributed by atoms with Crippen LogP contribution in [0.3, 0.4) is 0 Å². The molecular weight excluding hydrogens is 410 g/mol. The summed E-state index contributed by atoms with van der Waals surface area (Å²) in [4.78, 5) is 17.1. The molecule has 5 nitrogen and oxygen atoms in total. The van der Waals surface area contributed by atoms with Crippen LogP contribution in [0.1, 0.15) is 86.9 Å². The standard InChI is InChI=1S/C28H35N3O2/c1-18-13-21-22(27(4,5)10-9-26(21,2)3)14-20(18)28(11-12-28)23-8-7-19(15-29-23)16-31-24(32)17-30(6)25(31)33/h7-8,13-15,17,32H,9-12,16H2,1-6H3. The third-order valence-corrected chi connectivity index (χ3v) is 8.24. The molecule has 2 heterocycles. The average molecular weight is 446 g/mol. The second-order valence-electron chi connectivity index (χ2n) is 11.6. The van der Waals surface area contributed by atoms with Crippen molar-refractivity contribution in [2.24, 2.45) is 7.05 Å². The number of rotatable bonds is 4. The second kappa shape index (κ2) is 7.09. The minimum absolute atomic E-state index is 0.0129. The van der Waals surface area contributed by atoms with Gasteiger partial charge in [0.15, 0.2) is 0 Å². The van der Waals surface area contributed by atoms with Crippen molar-refractivity contribution in [3.05, 3.63) is 80.7 Å². The van der Waals surface area contributed by atoms with E-state index >= 15 is 0 Å². The fourth-order valence-corrected chi connectivity index (χ4v) is 5.74. The highest BCUT2D eigenvalue weighted by Crippen LogP contribution is 2.56. The Hall–Kier alpha value is -2.82. The van der Waals surface area contributed by atoms with E-state index in [4.69, 9.17) is 4.98 Å². The molecule has 1 N–H and O–H groups in total. The fraction of sp³-hybridized carbons (Fsp3) is 0.500. The lowest BCUT2D eigenvalue weighted by molar-refractivity contribution is 0.331. The number of hydrogen-bond donors (Lipinski definition) is 1. The van der Waals surface area contributed by atoms with E-state index in [1.54, 1.807) is 7.05 Å². The highest BCUT2D eigenvalue weighted by Gasteiger charge is 2.49. The number of aryl methyl sites for hydroxylation is 2. The molecule has 0 radical (unpaired) electrons. The lowest BCUT2D eigenvalue weighted by atomic mass is 9.62. The normalized spacial score (nSPS) is 19.8. The second-order valence-corrected chi connectivity index (χ2v) is 11.6. The van der Waals surface area contributed by atoms with Gasteiger partial charge in [0.1, 0.15) is 0 Å². The van der Waals surface area contributed by atoms with Gasteiger partial charge in [0.05, 0.1) is 18.4 Å². The maximum atomic E-state index is 12.2. The van der Waals surface area contributed by atoms with Crippen LogP contribution in [0.25, 0.3) is 0 Å². The van der Waals surface area contributed by atoms with Crippen molar-refractivity contribution in [1.82, 2.24) is 14.1 Å². The quantitative estimate of drug-likeness (QED) is 0.610. The van der Waals surface area contributed by atoms with Crippen LogP contribution in [-0.4, -0.2) is 19.2 Å². The summed E-state index contributed by atoms with van der Waals surface area (Å²) in [5, 5.41) is 10.0. The van der Waals surface area contributed by atoms with E-state index in [1.807, 2.05) is 12.3 Å². The van der Waals surface area contributed by atoms with E-state index in [1.165, 1.54) is 50.4 Å². The molecule has 5 heteroatoms. The number of nitrogens with zero attached hydrogens (tertiary/aromatic N) is 3. The third kappa shape index (κ3) is 3.44. The molecule has 3 aromatic rings. The van der Waals surface area contributed by atoms with E-state index in [2.05, 4.69) is 52.8 Å². The molecular formula is C28H35N3O2. The molecule has 1 aromatic carbocycles. The smallest absolute Gasteiger partial charge is 0.331 e. The number of fused-ring (bicyclic) bond motifs is 1. The van der Waals surface area contributed by atoms with Gasteiger partial charge in [0.2, 0.25) is 5.88 Å². The number of pyridine rings is 1. The first-order chi connectivity index (χ1) is 15.4. The van der Waals surface area contributed by atoms with Gasteiger partial charge in [0, 0.05) is 18.7 Å². The lowest BCUT2D eigenvalue weighted by Gasteiger charge is -2.43. The van der Waals surface area contributed by atoms with Crippen molar-refractivity contribution in [3.63, 3.8) is 0 Å². The molecule has 5 rings (SSSR count). The molecule has 0 saturated heterocycles. The molecule has 0 spiro atoms. The molecule has 2 aliphatic carbocycles. The van der Waals surface area contributed by atoms with Gasteiger partial charge in [-0.15, -0.1) is 0 Å². The van der Waals surface area contributed by atoms with E-state index in [0.717, 1.165) is 24.1 Å². The first-order valence-corrected chi connectivity index (χ1v) is 12.0. The Morgan fingerprint density at radius 1 is 0.970 bits per heavy atom. The van der Waals surface area contributed by atoms with E-state index < -0.39 is 0 Å². The number of hydrogen-bond acceptors (Lipinski definition) is 3. The van der Waals surface area contributed by atoms with Gasteiger partial charge >= 0.3 is 5.69 Å². The van der Waals surface area contributed by atoms with Crippen LogP contribution in [0, 0.1) is 6.92 Å². The van der Waals surface area contributed by atoms with Crippen LogP contribution in [-0.2, 0) is 29.8 Å². The third-order valence-electron chi connectivity index (χ3n) is 8.24. The summed E-state index contributed by atoms with van der Waals surface area (Å²) >= 11 is 0. The van der Waals surface area contributed by atoms with Crippen LogP contribution < -0.4 is 5.69 Å². The van der Waals surface area contributed by atoms with Crippen molar-refractivity contribution in [1.29, 1.82) is 0 Å². The molecule has 0 aliphatic heterocycles. The van der Waals surface area contributed by atoms with Crippen molar-refractivity contribution < 1.29 is 5.11 Å². The molecule has 174 valence electrons. The van der Waals surface area contributed by atoms with Crippen LogP contribution in [0.2, 0.25) is 0 Å². The highest BCUT2D eigenvalue weighted by atomic mass is 16.3. The van der Waals surface area contributed by atoms with Crippen molar-refractivity contribution in [2.75, 3.05) is 0 Å². The van der Waals surface area contributed by atoms with Gasteiger partial charge in [-0.1, -0.05) is 45.9 Å². The predicted octanol–water partition coefficient (Wildman–Crippen LogP) is 5.07. The summed E-state index contributed by atoms with van der Waals surface area (Å²) in [7, 11) is 1.64. The number of aromatic hydroxyl groups is 1. The summed E-state index contributed by atoms with van der Waals surface area (Å²) in [6.07, 6.45) is 7.95.